The largest absolute Gasteiger partial charge is 0.508 e. The van der Waals surface area contributed by atoms with Crippen molar-refractivity contribution in [3.05, 3.63) is 218 Å². The Morgan fingerprint density at radius 3 is 0.920 bits per heavy atom. The second kappa shape index (κ2) is 35.9. The second-order valence-electron chi connectivity index (χ2n) is 25.2. The molecule has 0 saturated carbocycles. The average molecular weight is 2070 g/mol. The average Bonchev–Trinajstić information content (AvgIpc) is 1.62. The van der Waals surface area contributed by atoms with Crippen LogP contribution in [0.25, 0.3) is 0 Å². The van der Waals surface area contributed by atoms with Crippen LogP contribution in [0.3, 0.4) is 0 Å². The van der Waals surface area contributed by atoms with Gasteiger partial charge in [0.1, 0.15) is 101 Å². The smallest absolute Gasteiger partial charge is 0.340 e. The zero-order valence-electron chi connectivity index (χ0n) is 59.0. The predicted molar refractivity (Wildman–Crippen MR) is 434 cm³/mol. The fourth-order valence-corrected chi connectivity index (χ4v) is 18.2. The molecule has 3 spiro atoms. The molecule has 0 saturated heterocycles. The van der Waals surface area contributed by atoms with E-state index < -0.39 is 34.7 Å². The molecule has 9 aromatic carbocycles. The summed E-state index contributed by atoms with van der Waals surface area (Å²) in [4.78, 5) is 39.7. The van der Waals surface area contributed by atoms with Gasteiger partial charge in [0.15, 0.2) is 39.8 Å². The lowest BCUT2D eigenvalue weighted by molar-refractivity contribution is 0.0212. The molecule has 35 heteroatoms. The van der Waals surface area contributed by atoms with Gasteiger partial charge in [-0.05, 0) is 231 Å². The first-order valence-corrected chi connectivity index (χ1v) is 40.9. The number of hydrogen-bond donors (Lipinski definition) is 9. The molecule has 27 nitrogen and oxygen atoms in total. The Morgan fingerprint density at radius 2 is 0.575 bits per heavy atom. The van der Waals surface area contributed by atoms with Crippen LogP contribution in [0.2, 0.25) is 0 Å². The molecular weight excluding hydrogens is 2000 g/mol. The van der Waals surface area contributed by atoms with Gasteiger partial charge in [-0.2, -0.15) is 0 Å². The molecule has 6 heterocycles. The first kappa shape index (κ1) is 83.4. The molecule has 594 valence electrons. The molecular formula is C78H67Br8N3O24. The van der Waals surface area contributed by atoms with Crippen molar-refractivity contribution in [1.29, 1.82) is 0 Å². The van der Waals surface area contributed by atoms with Crippen molar-refractivity contribution < 1.29 is 116 Å². The monoisotopic (exact) mass is 2060 g/mol. The summed E-state index contributed by atoms with van der Waals surface area (Å²) in [5, 5.41) is 62.4. The molecule has 0 amide bonds. The number of fused-ring (bicyclic) bond motifs is 18. The summed E-state index contributed by atoms with van der Waals surface area (Å²) >= 11 is 27.2. The van der Waals surface area contributed by atoms with Gasteiger partial charge in [0, 0.05) is 59.6 Å². The Kier molecular flexibility index (Phi) is 26.5. The number of aromatic hydroxyl groups is 6. The molecule has 6 aliphatic heterocycles. The molecule has 12 N–H and O–H groups in total. The SMILES string of the molecule is NCCOCCOCCOc1ccc2c(c1)C(=O)OC21c2cc(Br)c(O)c(Br)c2Oc2c1cc(Br)c(O)c2Br.NCCOCCOCCOc1ccc2c(c1)C(=O)OC21c2ccc(O)cc2Oc2cc(O)ccc21.NCCOCCOCCOc1ccc2c(c1)C1(OC2=O)c2cc(Br)c(O)c(Br)c2Oc2c1cc(Br)c(O)c2Br. The third kappa shape index (κ3) is 16.2. The molecule has 0 atom stereocenters. The Balaban J connectivity index is 0.000000148. The minimum absolute atomic E-state index is 0.00367. The fraction of sp³-hybridized carbons (Fsp3) is 0.269. The predicted octanol–water partition coefficient (Wildman–Crippen LogP) is 15.2. The van der Waals surface area contributed by atoms with Crippen molar-refractivity contribution >= 4 is 145 Å². The van der Waals surface area contributed by atoms with Crippen molar-refractivity contribution in [2.75, 3.05) is 119 Å². The summed E-state index contributed by atoms with van der Waals surface area (Å²) in [5.41, 5.74) is 17.6. The first-order valence-electron chi connectivity index (χ1n) is 34.6. The number of halogens is 8. The van der Waals surface area contributed by atoms with Gasteiger partial charge >= 0.3 is 17.9 Å². The molecule has 0 unspecified atom stereocenters. The Bertz CT molecular complexity index is 5010. The van der Waals surface area contributed by atoms with Gasteiger partial charge in [-0.15, -0.1) is 0 Å². The van der Waals surface area contributed by atoms with Crippen LogP contribution >= 0.6 is 127 Å². The lowest BCUT2D eigenvalue weighted by Crippen LogP contribution is -2.33. The van der Waals surface area contributed by atoms with Gasteiger partial charge in [-0.25, -0.2) is 14.4 Å². The number of carbonyl (C=O) groups is 3. The van der Waals surface area contributed by atoms with E-state index in [-0.39, 0.29) is 88.6 Å². The van der Waals surface area contributed by atoms with Crippen LogP contribution in [0.1, 0.15) is 81.1 Å². The van der Waals surface area contributed by atoms with E-state index in [0.717, 1.165) is 0 Å². The highest BCUT2D eigenvalue weighted by molar-refractivity contribution is 9.12. The van der Waals surface area contributed by atoms with Crippen LogP contribution in [-0.4, -0.2) is 167 Å². The zero-order valence-corrected chi connectivity index (χ0v) is 71.7. The molecule has 15 rings (SSSR count). The van der Waals surface area contributed by atoms with Gasteiger partial charge in [0.25, 0.3) is 0 Å². The number of rotatable bonds is 27. The summed E-state index contributed by atoms with van der Waals surface area (Å²) < 4.78 is 89.0. The first-order chi connectivity index (χ1) is 54.4. The summed E-state index contributed by atoms with van der Waals surface area (Å²) in [6.07, 6.45) is 0. The van der Waals surface area contributed by atoms with E-state index in [1.54, 1.807) is 91.0 Å². The van der Waals surface area contributed by atoms with Crippen LogP contribution in [-0.2, 0) is 59.4 Å². The summed E-state index contributed by atoms with van der Waals surface area (Å²) in [6, 6.07) is 31.3. The number of phenolic OH excluding ortho intramolecular Hbond substituents is 6. The highest BCUT2D eigenvalue weighted by Gasteiger charge is 2.58. The molecule has 113 heavy (non-hydrogen) atoms. The lowest BCUT2D eigenvalue weighted by atomic mass is 9.77. The van der Waals surface area contributed by atoms with Crippen molar-refractivity contribution in [2.24, 2.45) is 17.2 Å². The molecule has 6 aliphatic rings. The molecule has 0 aliphatic carbocycles. The van der Waals surface area contributed by atoms with Crippen molar-refractivity contribution in [1.82, 2.24) is 0 Å². The van der Waals surface area contributed by atoms with E-state index >= 15 is 0 Å². The third-order valence-electron chi connectivity index (χ3n) is 18.3. The highest BCUT2D eigenvalue weighted by atomic mass is 79.9. The summed E-state index contributed by atoms with van der Waals surface area (Å²) in [5.74, 6) is 1.06. The van der Waals surface area contributed by atoms with E-state index in [0.29, 0.717) is 219 Å². The van der Waals surface area contributed by atoms with Crippen LogP contribution in [0.5, 0.6) is 86.2 Å². The zero-order chi connectivity index (χ0) is 80.2. The Morgan fingerprint density at radius 1 is 0.292 bits per heavy atom. The van der Waals surface area contributed by atoms with Gasteiger partial charge in [0.2, 0.25) is 0 Å². The van der Waals surface area contributed by atoms with E-state index in [9.17, 15) is 45.0 Å². The number of ether oxygens (including phenoxy) is 15. The maximum absolute atomic E-state index is 13.4. The lowest BCUT2D eigenvalue weighted by Gasteiger charge is -2.38. The summed E-state index contributed by atoms with van der Waals surface area (Å²) in [7, 11) is 0. The van der Waals surface area contributed by atoms with E-state index in [1.165, 1.54) is 24.3 Å². The number of esters is 3. The van der Waals surface area contributed by atoms with E-state index in [4.69, 9.17) is 88.3 Å². The Labute approximate surface area is 712 Å². The maximum Gasteiger partial charge on any atom is 0.340 e. The molecule has 0 aromatic heterocycles. The number of phenols is 6. The third-order valence-corrected chi connectivity index (χ3v) is 23.7. The normalized spacial score (nSPS) is 14.5. The van der Waals surface area contributed by atoms with Gasteiger partial charge in [-0.1, -0.05) is 0 Å². The highest BCUT2D eigenvalue weighted by Crippen LogP contribution is 2.66. The van der Waals surface area contributed by atoms with Crippen molar-refractivity contribution in [3.63, 3.8) is 0 Å². The van der Waals surface area contributed by atoms with Gasteiger partial charge < -0.3 is 119 Å². The fourth-order valence-electron chi connectivity index (χ4n) is 13.4. The minimum Gasteiger partial charge on any atom is -0.508 e. The van der Waals surface area contributed by atoms with Crippen molar-refractivity contribution in [2.45, 2.75) is 16.8 Å². The topological polar surface area (TPSA) is 389 Å². The minimum atomic E-state index is -1.48. The standard InChI is InChI=1S/2C26H21Br4NO8.C26H25NO8/c27-17-10-15-23(19(29)21(17)32)38-24-16(11-18(28)22(33)20(24)30)26(15)14-2-1-12(9-13(14)25(34)39-26)37-8-7-36-6-5-35-4-3-31;27-17-10-15-23(19(29)21(17)32)38-24-16(11-18(28)22(33)20(24)30)26(15)14-9-12(1-2-13(14)25(34)39-26)37-8-7-36-6-5-35-4-3-31;27-7-8-31-9-10-32-11-12-33-18-3-6-20-19(15-18)25(30)35-26(20)21-4-1-16(28)13-23(21)34-24-14-17(29)2-5-22(24)26/h2*1-2,9-11,32-33H,3-8,31H2;1-6,13-15,28-29H,7-12,27H2. The van der Waals surface area contributed by atoms with Crippen LogP contribution < -0.4 is 45.6 Å². The Hall–Kier alpha value is -7.53. The van der Waals surface area contributed by atoms with Gasteiger partial charge in [-0.3, -0.25) is 0 Å². The number of hydrogen-bond acceptors (Lipinski definition) is 27. The van der Waals surface area contributed by atoms with Crippen LogP contribution in [0.4, 0.5) is 0 Å². The summed E-state index contributed by atoms with van der Waals surface area (Å²) in [6.45, 7) is 7.37. The van der Waals surface area contributed by atoms with E-state index in [2.05, 4.69) is 127 Å². The number of nitrogens with two attached hydrogens (primary N) is 3. The molecule has 0 radical (unpaired) electrons. The van der Waals surface area contributed by atoms with Crippen molar-refractivity contribution in [3.8, 4) is 86.2 Å². The second-order valence-corrected chi connectivity index (χ2v) is 31.8. The van der Waals surface area contributed by atoms with Crippen LogP contribution in [0, 0.1) is 0 Å². The quantitative estimate of drug-likeness (QED) is 0.0131. The number of carbonyl (C=O) groups excluding carboxylic acids is 3. The molecule has 0 bridgehead atoms. The molecule has 0 fully saturated rings. The number of benzene rings is 9. The van der Waals surface area contributed by atoms with Gasteiger partial charge in [0.05, 0.1) is 136 Å². The maximum atomic E-state index is 13.4. The molecule has 9 aromatic rings. The van der Waals surface area contributed by atoms with Crippen LogP contribution in [0.15, 0.2) is 151 Å². The van der Waals surface area contributed by atoms with E-state index in [1.807, 2.05) is 0 Å².